The van der Waals surface area contributed by atoms with Crippen molar-refractivity contribution in [1.29, 1.82) is 0 Å². The maximum atomic E-state index is 13.1. The van der Waals surface area contributed by atoms with Crippen molar-refractivity contribution in [2.75, 3.05) is 38.6 Å². The highest BCUT2D eigenvalue weighted by Gasteiger charge is 2.54. The van der Waals surface area contributed by atoms with Gasteiger partial charge in [-0.3, -0.25) is 19.3 Å². The van der Waals surface area contributed by atoms with E-state index in [-0.39, 0.29) is 41.9 Å². The number of methoxy groups -OCH3 is 1. The third-order valence-corrected chi connectivity index (χ3v) is 6.99. The largest absolute Gasteiger partial charge is 0.428 e. The predicted octanol–water partition coefficient (Wildman–Crippen LogP) is 0.610. The molecule has 15 heteroatoms. The Bertz CT molecular complexity index is 1070. The summed E-state index contributed by atoms with van der Waals surface area (Å²) in [6, 6.07) is -0.931. The molecular formula is C21H27N5O8S2. The number of fused-ring (bicyclic) bond motifs is 1. The third kappa shape index (κ3) is 6.14. The van der Waals surface area contributed by atoms with Crippen molar-refractivity contribution in [3.05, 3.63) is 22.3 Å². The summed E-state index contributed by atoms with van der Waals surface area (Å²) in [6.45, 7) is 3.26. The van der Waals surface area contributed by atoms with Crippen LogP contribution in [0.5, 0.6) is 0 Å². The second-order valence-corrected chi connectivity index (χ2v) is 9.49. The van der Waals surface area contributed by atoms with Crippen molar-refractivity contribution >= 4 is 57.7 Å². The fourth-order valence-electron chi connectivity index (χ4n) is 3.39. The molecule has 3 heterocycles. The number of β-lactam (4-membered cyclic amide) rings is 1. The molecule has 1 fully saturated rings. The zero-order valence-corrected chi connectivity index (χ0v) is 21.6. The van der Waals surface area contributed by atoms with Gasteiger partial charge in [0.2, 0.25) is 6.79 Å². The van der Waals surface area contributed by atoms with Gasteiger partial charge in [0.15, 0.2) is 10.8 Å². The van der Waals surface area contributed by atoms with Gasteiger partial charge in [-0.2, -0.15) is 0 Å². The molecule has 0 aromatic carbocycles. The lowest BCUT2D eigenvalue weighted by Gasteiger charge is -2.49. The van der Waals surface area contributed by atoms with Crippen LogP contribution in [0.2, 0.25) is 0 Å². The van der Waals surface area contributed by atoms with Crippen LogP contribution in [0.4, 0.5) is 5.13 Å². The van der Waals surface area contributed by atoms with E-state index in [2.05, 4.69) is 15.5 Å². The lowest BCUT2D eigenvalue weighted by molar-refractivity contribution is -0.168. The first-order chi connectivity index (χ1) is 17.3. The highest BCUT2D eigenvalue weighted by atomic mass is 32.2. The zero-order valence-electron chi connectivity index (χ0n) is 20.0. The molecular weight excluding hydrogens is 514 g/mol. The number of nitrogens with one attached hydrogen (secondary N) is 1. The fraction of sp³-hybridized carbons (Fsp3) is 0.524. The summed E-state index contributed by atoms with van der Waals surface area (Å²) in [5.74, 6) is -2.16. The van der Waals surface area contributed by atoms with Crippen LogP contribution in [0.15, 0.2) is 21.8 Å². The molecule has 2 aliphatic rings. The van der Waals surface area contributed by atoms with Crippen LogP contribution in [0.3, 0.4) is 0 Å². The molecule has 0 spiro atoms. The minimum atomic E-state index is -0.931. The third-order valence-electron chi connectivity index (χ3n) is 4.97. The van der Waals surface area contributed by atoms with Crippen LogP contribution >= 0.6 is 23.1 Å². The van der Waals surface area contributed by atoms with Gasteiger partial charge in [0.1, 0.15) is 29.4 Å². The average molecular weight is 542 g/mol. The Morgan fingerprint density at radius 2 is 2.08 bits per heavy atom. The first-order valence-electron chi connectivity index (χ1n) is 11.0. The number of aromatic nitrogens is 1. The maximum absolute atomic E-state index is 13.1. The van der Waals surface area contributed by atoms with Gasteiger partial charge >= 0.3 is 11.9 Å². The molecule has 3 rings (SSSR count). The minimum Gasteiger partial charge on any atom is -0.428 e. The second-order valence-electron chi connectivity index (χ2n) is 7.49. The molecule has 1 aromatic rings. The predicted molar refractivity (Wildman–Crippen MR) is 131 cm³/mol. The molecule has 196 valence electrons. The Morgan fingerprint density at radius 1 is 1.31 bits per heavy atom. The van der Waals surface area contributed by atoms with E-state index in [1.54, 1.807) is 12.3 Å². The monoisotopic (exact) mass is 541 g/mol. The van der Waals surface area contributed by atoms with Gasteiger partial charge in [-0.15, -0.1) is 23.1 Å². The van der Waals surface area contributed by atoms with E-state index in [1.165, 1.54) is 23.8 Å². The fourth-order valence-corrected chi connectivity index (χ4v) is 5.27. The number of nitrogen functional groups attached to an aromatic ring is 1. The molecule has 1 saturated heterocycles. The number of rotatable bonds is 12. The molecule has 0 aliphatic carbocycles. The smallest absolute Gasteiger partial charge is 0.358 e. The highest BCUT2D eigenvalue weighted by molar-refractivity contribution is 8.00. The summed E-state index contributed by atoms with van der Waals surface area (Å²) in [4.78, 5) is 60.8. The van der Waals surface area contributed by atoms with Gasteiger partial charge in [-0.05, 0) is 18.9 Å². The van der Waals surface area contributed by atoms with Crippen molar-refractivity contribution in [3.8, 4) is 0 Å². The first-order valence-corrected chi connectivity index (χ1v) is 13.0. The number of amides is 2. The van der Waals surface area contributed by atoms with E-state index < -0.39 is 42.0 Å². The summed E-state index contributed by atoms with van der Waals surface area (Å²) < 4.78 is 15.1. The molecule has 3 N–H and O–H groups in total. The van der Waals surface area contributed by atoms with Gasteiger partial charge < -0.3 is 30.1 Å². The van der Waals surface area contributed by atoms with Crippen molar-refractivity contribution in [2.24, 2.45) is 5.16 Å². The highest BCUT2D eigenvalue weighted by Crippen LogP contribution is 2.40. The quantitative estimate of drug-likeness (QED) is 0.125. The Labute approximate surface area is 215 Å². The van der Waals surface area contributed by atoms with E-state index >= 15 is 0 Å². The average Bonchev–Trinajstić information content (AvgIpc) is 3.28. The van der Waals surface area contributed by atoms with Crippen LogP contribution < -0.4 is 11.1 Å². The minimum absolute atomic E-state index is 0.0121. The maximum Gasteiger partial charge on any atom is 0.358 e. The summed E-state index contributed by atoms with van der Waals surface area (Å²) in [7, 11) is 1.46. The van der Waals surface area contributed by atoms with Crippen LogP contribution in [0, 0.1) is 0 Å². The van der Waals surface area contributed by atoms with Crippen molar-refractivity contribution in [2.45, 2.75) is 38.1 Å². The first kappa shape index (κ1) is 27.4. The van der Waals surface area contributed by atoms with Crippen molar-refractivity contribution in [1.82, 2.24) is 15.2 Å². The van der Waals surface area contributed by atoms with Crippen LogP contribution in [-0.4, -0.2) is 83.6 Å². The van der Waals surface area contributed by atoms with E-state index in [9.17, 15) is 19.2 Å². The number of oxime groups is 1. The number of esters is 2. The molecule has 2 aliphatic heterocycles. The van der Waals surface area contributed by atoms with Gasteiger partial charge in [-0.25, -0.2) is 9.78 Å². The normalized spacial score (nSPS) is 19.4. The van der Waals surface area contributed by atoms with E-state index in [0.29, 0.717) is 17.7 Å². The SMILES string of the molecule is CCCC(=O)OCOC(=O)C1=C(COC)CS[C@@H]2C(NC(=O)/C(=N/OCC)c3csc(N)n3)C(=O)N12. The van der Waals surface area contributed by atoms with E-state index in [1.807, 2.05) is 6.92 Å². The number of nitrogens with two attached hydrogens (primary N) is 1. The molecule has 36 heavy (non-hydrogen) atoms. The number of thiazole rings is 1. The summed E-state index contributed by atoms with van der Waals surface area (Å²) in [5, 5.41) is 7.71. The molecule has 0 saturated carbocycles. The second kappa shape index (κ2) is 12.7. The standard InChI is InChI=1S/C21H27N5O8S2/c1-4-6-13(27)32-10-33-20(30)16-11(7-31-3)8-35-19-15(18(29)26(16)19)24-17(28)14(25-34-5-2)12-9-36-21(22)23-12/h9,15,19H,4-8,10H2,1-3H3,(H2,22,23)(H,24,28)/b25-14+/t15?,19-/m1/s1. The van der Waals surface area contributed by atoms with Crippen LogP contribution in [0.1, 0.15) is 32.4 Å². The zero-order chi connectivity index (χ0) is 26.2. The van der Waals surface area contributed by atoms with E-state index in [4.69, 9.17) is 24.8 Å². The number of ether oxygens (including phenoxy) is 3. The topological polar surface area (TPSA) is 172 Å². The molecule has 0 bridgehead atoms. The summed E-state index contributed by atoms with van der Waals surface area (Å²) in [6.07, 6.45) is 0.791. The lowest BCUT2D eigenvalue weighted by atomic mass is 10.0. The summed E-state index contributed by atoms with van der Waals surface area (Å²) in [5.41, 5.74) is 6.31. The molecule has 0 radical (unpaired) electrons. The van der Waals surface area contributed by atoms with Gasteiger partial charge in [0.05, 0.1) is 6.61 Å². The van der Waals surface area contributed by atoms with E-state index in [0.717, 1.165) is 11.3 Å². The molecule has 2 amide bonds. The summed E-state index contributed by atoms with van der Waals surface area (Å²) >= 11 is 2.49. The molecule has 13 nitrogen and oxygen atoms in total. The number of thioether (sulfide) groups is 1. The van der Waals surface area contributed by atoms with Gasteiger partial charge in [-0.1, -0.05) is 12.1 Å². The van der Waals surface area contributed by atoms with Crippen molar-refractivity contribution in [3.63, 3.8) is 0 Å². The number of carbonyl (C=O) groups excluding carboxylic acids is 4. The Kier molecular flexibility index (Phi) is 9.66. The number of nitrogens with zero attached hydrogens (tertiary/aromatic N) is 3. The lowest BCUT2D eigenvalue weighted by Crippen LogP contribution is -2.71. The number of hydrogen-bond donors (Lipinski definition) is 2. The number of anilines is 1. The van der Waals surface area contributed by atoms with Crippen molar-refractivity contribution < 1.29 is 38.2 Å². The molecule has 1 unspecified atom stereocenters. The van der Waals surface area contributed by atoms with Gasteiger partial charge in [0.25, 0.3) is 11.8 Å². The van der Waals surface area contributed by atoms with Crippen LogP contribution in [-0.2, 0) is 38.2 Å². The molecule has 1 aromatic heterocycles. The molecule has 2 atom stereocenters. The van der Waals surface area contributed by atoms with Crippen LogP contribution in [0.25, 0.3) is 0 Å². The Morgan fingerprint density at radius 3 is 2.72 bits per heavy atom. The number of carbonyl (C=O) groups is 4. The number of hydrogen-bond acceptors (Lipinski definition) is 13. The Hall–Kier alpha value is -3.17. The van der Waals surface area contributed by atoms with Gasteiger partial charge in [0, 0.05) is 24.7 Å². The Balaban J connectivity index is 1.73.